The van der Waals surface area contributed by atoms with Gasteiger partial charge in [-0.1, -0.05) is 25.4 Å². The van der Waals surface area contributed by atoms with Crippen molar-refractivity contribution in [2.75, 3.05) is 32.5 Å². The number of aromatic nitrogens is 2. The lowest BCUT2D eigenvalue weighted by molar-refractivity contribution is -0.384. The molecule has 0 bridgehead atoms. The molecule has 1 heterocycles. The van der Waals surface area contributed by atoms with Crippen molar-refractivity contribution in [2.24, 2.45) is 5.41 Å². The first-order chi connectivity index (χ1) is 8.73. The van der Waals surface area contributed by atoms with Gasteiger partial charge in [0.2, 0.25) is 11.0 Å². The Bertz CT molecular complexity index is 464. The Morgan fingerprint density at radius 1 is 1.47 bits per heavy atom. The molecule has 0 saturated heterocycles. The summed E-state index contributed by atoms with van der Waals surface area (Å²) < 4.78 is 0. The van der Waals surface area contributed by atoms with Crippen LogP contribution >= 0.6 is 11.6 Å². The Morgan fingerprint density at radius 2 is 2.11 bits per heavy atom. The van der Waals surface area contributed by atoms with Gasteiger partial charge in [0.05, 0.1) is 4.92 Å². The summed E-state index contributed by atoms with van der Waals surface area (Å²) in [7, 11) is 3.96. The minimum Gasteiger partial charge on any atom is -0.364 e. The third-order valence-corrected chi connectivity index (χ3v) is 2.72. The Morgan fingerprint density at radius 3 is 2.63 bits per heavy atom. The summed E-state index contributed by atoms with van der Waals surface area (Å²) in [5.74, 6) is 0.150. The molecule has 0 radical (unpaired) electrons. The maximum absolute atomic E-state index is 10.9. The quantitative estimate of drug-likeness (QED) is 0.490. The lowest BCUT2D eigenvalue weighted by Gasteiger charge is -2.28. The van der Waals surface area contributed by atoms with Crippen molar-refractivity contribution in [1.29, 1.82) is 0 Å². The lowest BCUT2D eigenvalue weighted by atomic mass is 9.93. The highest BCUT2D eigenvalue weighted by molar-refractivity contribution is 6.31. The number of hydrogen-bond acceptors (Lipinski definition) is 6. The summed E-state index contributed by atoms with van der Waals surface area (Å²) in [4.78, 5) is 19.9. The van der Waals surface area contributed by atoms with Crippen LogP contribution in [0, 0.1) is 15.5 Å². The first-order valence-corrected chi connectivity index (χ1v) is 6.14. The highest BCUT2D eigenvalue weighted by atomic mass is 35.5. The molecule has 1 rings (SSSR count). The number of halogens is 1. The largest absolute Gasteiger partial charge is 0.364 e. The molecule has 0 aliphatic heterocycles. The Balaban J connectivity index is 2.84. The van der Waals surface area contributed by atoms with Gasteiger partial charge in [0.15, 0.2) is 0 Å². The molecule has 0 aliphatic carbocycles. The smallest absolute Gasteiger partial charge is 0.348 e. The van der Waals surface area contributed by atoms with E-state index in [0.29, 0.717) is 6.54 Å². The molecule has 0 unspecified atom stereocenters. The summed E-state index contributed by atoms with van der Waals surface area (Å²) in [5, 5.41) is 13.8. The molecule has 0 aliphatic rings. The van der Waals surface area contributed by atoms with E-state index in [4.69, 9.17) is 11.6 Å². The zero-order chi connectivity index (χ0) is 14.6. The second kappa shape index (κ2) is 6.12. The molecular formula is C11H18ClN5O2. The van der Waals surface area contributed by atoms with Gasteiger partial charge in [-0.3, -0.25) is 10.1 Å². The summed E-state index contributed by atoms with van der Waals surface area (Å²) in [5.41, 5.74) is -0.348. The van der Waals surface area contributed by atoms with E-state index in [2.05, 4.69) is 34.0 Å². The molecule has 7 nitrogen and oxygen atoms in total. The van der Waals surface area contributed by atoms with Gasteiger partial charge >= 0.3 is 5.69 Å². The molecular weight excluding hydrogens is 270 g/mol. The molecule has 8 heteroatoms. The number of nitrogens with one attached hydrogen (secondary N) is 1. The minimum absolute atomic E-state index is 0.0607. The van der Waals surface area contributed by atoms with Crippen LogP contribution in [0.25, 0.3) is 0 Å². The molecule has 1 aromatic rings. The second-order valence-electron chi connectivity index (χ2n) is 5.37. The average Bonchev–Trinajstić information content (AvgIpc) is 2.24. The summed E-state index contributed by atoms with van der Waals surface area (Å²) in [6.07, 6.45) is 1.20. The molecule has 0 spiro atoms. The van der Waals surface area contributed by atoms with Crippen molar-refractivity contribution in [3.63, 3.8) is 0 Å². The molecule has 19 heavy (non-hydrogen) atoms. The van der Waals surface area contributed by atoms with Crippen LogP contribution in [0.3, 0.4) is 0 Å². The predicted octanol–water partition coefficient (Wildman–Crippen LogP) is 2.04. The highest BCUT2D eigenvalue weighted by Crippen LogP contribution is 2.29. The number of nitro groups is 1. The van der Waals surface area contributed by atoms with E-state index in [0.717, 1.165) is 6.54 Å². The fraction of sp³-hybridized carbons (Fsp3) is 0.636. The molecule has 0 saturated carbocycles. The number of anilines is 1. The lowest BCUT2D eigenvalue weighted by Crippen LogP contribution is -2.34. The van der Waals surface area contributed by atoms with Gasteiger partial charge in [0.25, 0.3) is 0 Å². The summed E-state index contributed by atoms with van der Waals surface area (Å²) in [6, 6.07) is 0. The van der Waals surface area contributed by atoms with Crippen LogP contribution in [0.4, 0.5) is 11.5 Å². The van der Waals surface area contributed by atoms with Crippen molar-refractivity contribution in [1.82, 2.24) is 14.9 Å². The number of rotatable bonds is 6. The van der Waals surface area contributed by atoms with Crippen LogP contribution in [0.1, 0.15) is 13.8 Å². The van der Waals surface area contributed by atoms with E-state index in [-0.39, 0.29) is 22.1 Å². The van der Waals surface area contributed by atoms with Gasteiger partial charge in [-0.05, 0) is 19.5 Å². The maximum Gasteiger partial charge on any atom is 0.348 e. The van der Waals surface area contributed by atoms with E-state index in [1.54, 1.807) is 0 Å². The van der Waals surface area contributed by atoms with Crippen molar-refractivity contribution >= 4 is 23.1 Å². The first kappa shape index (κ1) is 15.6. The molecule has 0 fully saturated rings. The predicted molar refractivity (Wildman–Crippen MR) is 74.5 cm³/mol. The van der Waals surface area contributed by atoms with Crippen LogP contribution in [-0.2, 0) is 0 Å². The van der Waals surface area contributed by atoms with Gasteiger partial charge in [-0.15, -0.1) is 0 Å². The zero-order valence-corrected chi connectivity index (χ0v) is 12.2. The average molecular weight is 288 g/mol. The van der Waals surface area contributed by atoms with E-state index in [1.165, 1.54) is 6.33 Å². The number of hydrogen-bond donors (Lipinski definition) is 1. The van der Waals surface area contributed by atoms with Gasteiger partial charge < -0.3 is 10.2 Å². The highest BCUT2D eigenvalue weighted by Gasteiger charge is 2.24. The Kier molecular flexibility index (Phi) is 5.02. The third kappa shape index (κ3) is 4.60. The fourth-order valence-corrected chi connectivity index (χ4v) is 2.09. The topological polar surface area (TPSA) is 84.2 Å². The van der Waals surface area contributed by atoms with Gasteiger partial charge in [-0.25, -0.2) is 9.97 Å². The first-order valence-electron chi connectivity index (χ1n) is 5.76. The van der Waals surface area contributed by atoms with Crippen molar-refractivity contribution in [2.45, 2.75) is 13.8 Å². The summed E-state index contributed by atoms with van der Waals surface area (Å²) >= 11 is 5.72. The fourth-order valence-electron chi connectivity index (χ4n) is 1.88. The van der Waals surface area contributed by atoms with Crippen molar-refractivity contribution in [3.05, 3.63) is 21.6 Å². The van der Waals surface area contributed by atoms with Crippen LogP contribution in [0.15, 0.2) is 6.33 Å². The second-order valence-corrected chi connectivity index (χ2v) is 5.73. The van der Waals surface area contributed by atoms with Crippen LogP contribution in [-0.4, -0.2) is 47.0 Å². The van der Waals surface area contributed by atoms with Gasteiger partial charge in [0, 0.05) is 13.1 Å². The molecule has 1 N–H and O–H groups in total. The number of nitrogens with zero attached hydrogens (tertiary/aromatic N) is 4. The van der Waals surface area contributed by atoms with E-state index < -0.39 is 4.92 Å². The maximum atomic E-state index is 10.9. The summed E-state index contributed by atoms with van der Waals surface area (Å²) in [6.45, 7) is 5.51. The van der Waals surface area contributed by atoms with E-state index in [9.17, 15) is 10.1 Å². The molecule has 1 aromatic heterocycles. The molecule has 0 amide bonds. The minimum atomic E-state index is -0.580. The van der Waals surface area contributed by atoms with Gasteiger partial charge in [-0.2, -0.15) is 0 Å². The van der Waals surface area contributed by atoms with Crippen LogP contribution in [0.5, 0.6) is 0 Å². The Hall–Kier alpha value is -1.47. The molecule has 106 valence electrons. The van der Waals surface area contributed by atoms with Crippen LogP contribution in [0.2, 0.25) is 5.15 Å². The normalized spacial score (nSPS) is 11.7. The standard InChI is InChI=1S/C11H18ClN5O2/c1-11(2,6-16(3)4)5-13-10-8(17(18)19)9(12)14-7-15-10/h7H,5-6H2,1-4H3,(H,13,14,15). The third-order valence-electron chi connectivity index (χ3n) is 2.44. The van der Waals surface area contributed by atoms with Gasteiger partial charge in [0.1, 0.15) is 6.33 Å². The zero-order valence-electron chi connectivity index (χ0n) is 11.5. The van der Waals surface area contributed by atoms with Crippen molar-refractivity contribution < 1.29 is 4.92 Å². The van der Waals surface area contributed by atoms with Crippen molar-refractivity contribution in [3.8, 4) is 0 Å². The molecule has 0 aromatic carbocycles. The van der Waals surface area contributed by atoms with E-state index in [1.807, 2.05) is 14.1 Å². The van der Waals surface area contributed by atoms with E-state index >= 15 is 0 Å². The monoisotopic (exact) mass is 287 g/mol. The van der Waals surface area contributed by atoms with Crippen LogP contribution < -0.4 is 5.32 Å². The molecule has 0 atom stereocenters. The Labute approximate surface area is 117 Å². The SMILES string of the molecule is CN(C)CC(C)(C)CNc1ncnc(Cl)c1[N+](=O)[O-].